The second kappa shape index (κ2) is 7.89. The van der Waals surface area contributed by atoms with Crippen molar-refractivity contribution in [1.82, 2.24) is 19.8 Å². The molecule has 28 heavy (non-hydrogen) atoms. The quantitative estimate of drug-likeness (QED) is 0.644. The molecule has 0 spiro atoms. The van der Waals surface area contributed by atoms with Gasteiger partial charge in [0.25, 0.3) is 0 Å². The van der Waals surface area contributed by atoms with Crippen LogP contribution in [-0.4, -0.2) is 46.1 Å². The van der Waals surface area contributed by atoms with Crippen molar-refractivity contribution in [1.29, 1.82) is 0 Å². The monoisotopic (exact) mass is 387 g/mol. The van der Waals surface area contributed by atoms with Crippen LogP contribution in [0.1, 0.15) is 44.2 Å². The molecule has 1 aromatic heterocycles. The molecule has 0 bridgehead atoms. The lowest BCUT2D eigenvalue weighted by Crippen LogP contribution is -2.49. The molecule has 4 atom stereocenters. The van der Waals surface area contributed by atoms with Crippen LogP contribution in [0.5, 0.6) is 0 Å². The Balaban J connectivity index is 1.46. The number of likely N-dealkylation sites (tertiary alicyclic amines) is 1. The first-order valence-corrected chi connectivity index (χ1v) is 10.1. The van der Waals surface area contributed by atoms with Gasteiger partial charge in [0.15, 0.2) is 5.96 Å². The van der Waals surface area contributed by atoms with Gasteiger partial charge in [-0.05, 0) is 37.8 Å². The molecule has 4 unspecified atom stereocenters. The predicted molar refractivity (Wildman–Crippen MR) is 105 cm³/mol. The van der Waals surface area contributed by atoms with Crippen molar-refractivity contribution in [3.05, 3.63) is 54.1 Å². The number of nitrogens with one attached hydrogen (secondary N) is 1. The maximum atomic E-state index is 14.1. The highest BCUT2D eigenvalue weighted by molar-refractivity contribution is 5.81. The van der Waals surface area contributed by atoms with Gasteiger partial charge in [0.05, 0.1) is 12.4 Å². The van der Waals surface area contributed by atoms with Crippen molar-refractivity contribution in [2.75, 3.05) is 19.6 Å². The first-order valence-electron chi connectivity index (χ1n) is 10.1. The van der Waals surface area contributed by atoms with E-state index < -0.39 is 11.6 Å². The summed E-state index contributed by atoms with van der Waals surface area (Å²) in [5, 5.41) is 3.46. The van der Waals surface area contributed by atoms with Crippen LogP contribution in [-0.2, 0) is 0 Å². The van der Waals surface area contributed by atoms with E-state index >= 15 is 0 Å². The molecule has 0 amide bonds. The number of imidazole rings is 1. The van der Waals surface area contributed by atoms with Crippen molar-refractivity contribution in [2.45, 2.75) is 44.7 Å². The zero-order valence-electron chi connectivity index (χ0n) is 16.4. The summed E-state index contributed by atoms with van der Waals surface area (Å²) in [4.78, 5) is 11.1. The fraction of sp³-hybridized carbons (Fsp3) is 0.524. The van der Waals surface area contributed by atoms with Crippen LogP contribution in [0, 0.1) is 17.6 Å². The molecule has 1 saturated carbocycles. The molecule has 2 fully saturated rings. The molecule has 1 saturated heterocycles. The fourth-order valence-electron chi connectivity index (χ4n) is 4.19. The number of hydrogen-bond acceptors (Lipinski definition) is 2. The Labute approximate surface area is 164 Å². The largest absolute Gasteiger partial charge is 0.353 e. The van der Waals surface area contributed by atoms with E-state index in [4.69, 9.17) is 0 Å². The molecular weight excluding hydrogens is 360 g/mol. The summed E-state index contributed by atoms with van der Waals surface area (Å²) >= 11 is 0. The Morgan fingerprint density at radius 1 is 1.32 bits per heavy atom. The minimum atomic E-state index is -0.463. The Morgan fingerprint density at radius 3 is 2.79 bits per heavy atom. The van der Waals surface area contributed by atoms with Crippen LogP contribution in [0.2, 0.25) is 0 Å². The van der Waals surface area contributed by atoms with Crippen molar-refractivity contribution >= 4 is 5.96 Å². The molecule has 1 aliphatic carbocycles. The van der Waals surface area contributed by atoms with E-state index in [9.17, 15) is 8.78 Å². The number of aromatic nitrogens is 2. The molecule has 1 N–H and O–H groups in total. The average Bonchev–Trinajstić information content (AvgIpc) is 3.19. The summed E-state index contributed by atoms with van der Waals surface area (Å²) in [7, 11) is 0. The van der Waals surface area contributed by atoms with Crippen LogP contribution in [0.25, 0.3) is 0 Å². The lowest BCUT2D eigenvalue weighted by Gasteiger charge is -2.39. The molecule has 2 aromatic rings. The summed E-state index contributed by atoms with van der Waals surface area (Å²) in [6.07, 6.45) is 7.46. The Morgan fingerprint density at radius 2 is 2.11 bits per heavy atom. The second-order valence-electron chi connectivity index (χ2n) is 7.82. The molecule has 2 aliphatic rings. The molecule has 5 nitrogen and oxygen atoms in total. The van der Waals surface area contributed by atoms with Gasteiger partial charge in [-0.1, -0.05) is 13.0 Å². The highest BCUT2D eigenvalue weighted by atomic mass is 19.1. The van der Waals surface area contributed by atoms with E-state index in [-0.39, 0.29) is 17.5 Å². The molecule has 0 radical (unpaired) electrons. The lowest BCUT2D eigenvalue weighted by atomic mass is 9.93. The molecular formula is C21H27F2N5. The van der Waals surface area contributed by atoms with E-state index in [2.05, 4.69) is 31.7 Å². The Bertz CT molecular complexity index is 815. The smallest absolute Gasteiger partial charge is 0.194 e. The van der Waals surface area contributed by atoms with Crippen LogP contribution >= 0.6 is 0 Å². The molecule has 150 valence electrons. The zero-order chi connectivity index (χ0) is 19.7. The zero-order valence-corrected chi connectivity index (χ0v) is 16.4. The number of rotatable bonds is 4. The van der Waals surface area contributed by atoms with Crippen LogP contribution in [0.3, 0.4) is 0 Å². The summed E-state index contributed by atoms with van der Waals surface area (Å²) < 4.78 is 30.3. The van der Waals surface area contributed by atoms with E-state index in [1.807, 2.05) is 25.6 Å². The third kappa shape index (κ3) is 3.75. The SMILES string of the molecule is CCN=C(NC1CC1c1c(F)cccc1F)N1CCC(C)C(n2ccnc2)C1. The molecule has 2 heterocycles. The van der Waals surface area contributed by atoms with Gasteiger partial charge in [0.1, 0.15) is 11.6 Å². The van der Waals surface area contributed by atoms with Crippen molar-refractivity contribution in [3.63, 3.8) is 0 Å². The molecule has 7 heteroatoms. The second-order valence-corrected chi connectivity index (χ2v) is 7.82. The maximum Gasteiger partial charge on any atom is 0.194 e. The van der Waals surface area contributed by atoms with Gasteiger partial charge in [0.2, 0.25) is 0 Å². The summed E-state index contributed by atoms with van der Waals surface area (Å²) in [6, 6.07) is 4.42. The number of nitrogens with zero attached hydrogens (tertiary/aromatic N) is 4. The first-order chi connectivity index (χ1) is 13.6. The van der Waals surface area contributed by atoms with Crippen molar-refractivity contribution < 1.29 is 8.78 Å². The first kappa shape index (κ1) is 18.9. The topological polar surface area (TPSA) is 45.5 Å². The summed E-state index contributed by atoms with van der Waals surface area (Å²) in [5.41, 5.74) is 0.194. The van der Waals surface area contributed by atoms with Crippen LogP contribution in [0.15, 0.2) is 41.9 Å². The number of benzene rings is 1. The van der Waals surface area contributed by atoms with Crippen molar-refractivity contribution in [2.24, 2.45) is 10.9 Å². The normalized spacial score (nSPS) is 27.7. The third-order valence-corrected chi connectivity index (χ3v) is 5.91. The van der Waals surface area contributed by atoms with Gasteiger partial charge < -0.3 is 14.8 Å². The van der Waals surface area contributed by atoms with Gasteiger partial charge in [0, 0.05) is 49.6 Å². The maximum absolute atomic E-state index is 14.1. The number of guanidine groups is 1. The van der Waals surface area contributed by atoms with Crippen LogP contribution < -0.4 is 5.32 Å². The predicted octanol–water partition coefficient (Wildman–Crippen LogP) is 3.57. The summed E-state index contributed by atoms with van der Waals surface area (Å²) in [6.45, 7) is 6.69. The highest BCUT2D eigenvalue weighted by Crippen LogP contribution is 2.43. The van der Waals surface area contributed by atoms with E-state index in [1.165, 1.54) is 18.2 Å². The van der Waals surface area contributed by atoms with Gasteiger partial charge in [-0.3, -0.25) is 4.99 Å². The fourth-order valence-corrected chi connectivity index (χ4v) is 4.19. The number of aliphatic imine (C=N–C) groups is 1. The Kier molecular flexibility index (Phi) is 5.33. The number of piperidine rings is 1. The van der Waals surface area contributed by atoms with Gasteiger partial charge in [-0.25, -0.2) is 13.8 Å². The van der Waals surface area contributed by atoms with E-state index in [0.717, 1.165) is 31.9 Å². The molecule has 4 rings (SSSR count). The van der Waals surface area contributed by atoms with Gasteiger partial charge >= 0.3 is 0 Å². The van der Waals surface area contributed by atoms with E-state index in [1.54, 1.807) is 0 Å². The minimum Gasteiger partial charge on any atom is -0.353 e. The third-order valence-electron chi connectivity index (χ3n) is 5.91. The van der Waals surface area contributed by atoms with Gasteiger partial charge in [-0.2, -0.15) is 0 Å². The molecule has 1 aromatic carbocycles. The van der Waals surface area contributed by atoms with E-state index in [0.29, 0.717) is 18.5 Å². The Hall–Kier alpha value is -2.44. The lowest BCUT2D eigenvalue weighted by molar-refractivity contribution is 0.188. The highest BCUT2D eigenvalue weighted by Gasteiger charge is 2.43. The molecule has 1 aliphatic heterocycles. The number of halogens is 2. The summed E-state index contributed by atoms with van der Waals surface area (Å²) in [5.74, 6) is 0.320. The van der Waals surface area contributed by atoms with Crippen molar-refractivity contribution in [3.8, 4) is 0 Å². The standard InChI is InChI=1S/C21H27F2N5/c1-3-25-21(26-18-11-15(18)20-16(22)5-4-6-17(20)23)27-9-7-14(2)19(12-27)28-10-8-24-13-28/h4-6,8,10,13-15,18-19H,3,7,9,11-12H2,1-2H3,(H,25,26). The van der Waals surface area contributed by atoms with Crippen LogP contribution in [0.4, 0.5) is 8.78 Å². The minimum absolute atomic E-state index is 0.0164. The average molecular weight is 387 g/mol. The number of hydrogen-bond donors (Lipinski definition) is 1. The van der Waals surface area contributed by atoms with Gasteiger partial charge in [-0.15, -0.1) is 0 Å².